The molecule has 3 nitrogen and oxygen atoms in total. The van der Waals surface area contributed by atoms with Gasteiger partial charge < -0.3 is 4.98 Å². The van der Waals surface area contributed by atoms with Gasteiger partial charge >= 0.3 is 0 Å². The minimum Gasteiger partial charge on any atom is -0.310 e. The average Bonchev–Trinajstić information content (AvgIpc) is 2.18. The van der Waals surface area contributed by atoms with E-state index in [1.54, 1.807) is 0 Å². The van der Waals surface area contributed by atoms with Crippen LogP contribution in [0.4, 0.5) is 0 Å². The van der Waals surface area contributed by atoms with Crippen molar-refractivity contribution in [1.82, 2.24) is 9.97 Å². The van der Waals surface area contributed by atoms with Crippen LogP contribution in [0.3, 0.4) is 0 Å². The van der Waals surface area contributed by atoms with Crippen LogP contribution in [0.2, 0.25) is 0 Å². The lowest BCUT2D eigenvalue weighted by atomic mass is 10.1. The first-order chi connectivity index (χ1) is 7.08. The van der Waals surface area contributed by atoms with Gasteiger partial charge in [-0.1, -0.05) is 25.5 Å². The van der Waals surface area contributed by atoms with Gasteiger partial charge in [0.25, 0.3) is 5.56 Å². The summed E-state index contributed by atoms with van der Waals surface area (Å²) in [5.74, 6) is 0.986. The number of hydrogen-bond donors (Lipinski definition) is 1. The molecule has 78 valence electrons. The van der Waals surface area contributed by atoms with Crippen molar-refractivity contribution < 1.29 is 0 Å². The van der Waals surface area contributed by atoms with Crippen LogP contribution in [-0.2, 0) is 0 Å². The molecule has 0 radical (unpaired) electrons. The number of fused-ring (bicyclic) bond motifs is 1. The summed E-state index contributed by atoms with van der Waals surface area (Å²) in [7, 11) is 0. The van der Waals surface area contributed by atoms with Crippen LogP contribution < -0.4 is 5.56 Å². The molecule has 1 N–H and O–H groups in total. The fraction of sp³-hybridized carbons (Fsp3) is 0.333. The van der Waals surface area contributed by atoms with Gasteiger partial charge in [-0.2, -0.15) is 0 Å². The summed E-state index contributed by atoms with van der Waals surface area (Å²) in [6.45, 7) is 5.99. The van der Waals surface area contributed by atoms with Crippen molar-refractivity contribution in [2.45, 2.75) is 26.7 Å². The smallest absolute Gasteiger partial charge is 0.258 e. The molecule has 0 spiro atoms. The first kappa shape index (κ1) is 9.90. The van der Waals surface area contributed by atoms with E-state index in [4.69, 9.17) is 0 Å². The lowest BCUT2D eigenvalue weighted by molar-refractivity contribution is 0.776. The van der Waals surface area contributed by atoms with Gasteiger partial charge in [0.1, 0.15) is 5.82 Å². The number of nitrogens with one attached hydrogen (secondary N) is 1. The Labute approximate surface area is 88.2 Å². The van der Waals surface area contributed by atoms with Crippen molar-refractivity contribution in [3.8, 4) is 0 Å². The highest BCUT2D eigenvalue weighted by atomic mass is 16.1. The molecule has 3 heteroatoms. The van der Waals surface area contributed by atoms with E-state index < -0.39 is 0 Å². The second-order valence-corrected chi connectivity index (χ2v) is 4.13. The van der Waals surface area contributed by atoms with Crippen molar-refractivity contribution in [3.05, 3.63) is 39.9 Å². The van der Waals surface area contributed by atoms with Crippen LogP contribution in [0.25, 0.3) is 10.9 Å². The van der Waals surface area contributed by atoms with Gasteiger partial charge in [0.05, 0.1) is 10.9 Å². The highest BCUT2D eigenvalue weighted by molar-refractivity contribution is 5.78. The Morgan fingerprint density at radius 3 is 2.73 bits per heavy atom. The SMILES string of the molecule is Cc1ccc2nc(C(C)C)[nH]c(=O)c2c1. The van der Waals surface area contributed by atoms with E-state index in [0.717, 1.165) is 16.9 Å². The second-order valence-electron chi connectivity index (χ2n) is 4.13. The predicted octanol–water partition coefficient (Wildman–Crippen LogP) is 2.35. The zero-order valence-corrected chi connectivity index (χ0v) is 9.16. The standard InChI is InChI=1S/C12H14N2O/c1-7(2)11-13-10-5-4-8(3)6-9(10)12(15)14-11/h4-7H,1-3H3,(H,13,14,15). The van der Waals surface area contributed by atoms with E-state index >= 15 is 0 Å². The average molecular weight is 202 g/mol. The zero-order chi connectivity index (χ0) is 11.0. The topological polar surface area (TPSA) is 45.8 Å². The maximum atomic E-state index is 11.8. The van der Waals surface area contributed by atoms with E-state index in [1.165, 1.54) is 0 Å². The Morgan fingerprint density at radius 1 is 1.33 bits per heavy atom. The molecule has 0 bridgehead atoms. The van der Waals surface area contributed by atoms with Gasteiger partial charge in [0.15, 0.2) is 0 Å². The number of H-pyrrole nitrogens is 1. The molecule has 1 heterocycles. The summed E-state index contributed by atoms with van der Waals surface area (Å²) in [4.78, 5) is 19.0. The molecular weight excluding hydrogens is 188 g/mol. The van der Waals surface area contributed by atoms with Gasteiger partial charge in [0.2, 0.25) is 0 Å². The van der Waals surface area contributed by atoms with Gasteiger partial charge in [-0.05, 0) is 19.1 Å². The fourth-order valence-corrected chi connectivity index (χ4v) is 1.54. The predicted molar refractivity (Wildman–Crippen MR) is 61.2 cm³/mol. The van der Waals surface area contributed by atoms with E-state index in [1.807, 2.05) is 39.0 Å². The molecule has 0 fully saturated rings. The number of nitrogens with zero attached hydrogens (tertiary/aromatic N) is 1. The molecule has 2 rings (SSSR count). The molecule has 0 aliphatic carbocycles. The largest absolute Gasteiger partial charge is 0.310 e. The summed E-state index contributed by atoms with van der Waals surface area (Å²) in [6, 6.07) is 5.73. The molecular formula is C12H14N2O. The van der Waals surface area contributed by atoms with Crippen molar-refractivity contribution in [2.24, 2.45) is 0 Å². The van der Waals surface area contributed by atoms with Crippen molar-refractivity contribution in [3.63, 3.8) is 0 Å². The molecule has 0 aliphatic rings. The van der Waals surface area contributed by atoms with E-state index in [0.29, 0.717) is 5.39 Å². The summed E-state index contributed by atoms with van der Waals surface area (Å²) >= 11 is 0. The molecule has 0 atom stereocenters. The van der Waals surface area contributed by atoms with Crippen LogP contribution in [0.5, 0.6) is 0 Å². The lowest BCUT2D eigenvalue weighted by Gasteiger charge is -2.05. The third-order valence-electron chi connectivity index (χ3n) is 2.43. The lowest BCUT2D eigenvalue weighted by Crippen LogP contribution is -2.12. The quantitative estimate of drug-likeness (QED) is 0.771. The summed E-state index contributed by atoms with van der Waals surface area (Å²) in [6.07, 6.45) is 0. The Morgan fingerprint density at radius 2 is 2.07 bits per heavy atom. The summed E-state index contributed by atoms with van der Waals surface area (Å²) in [5.41, 5.74) is 1.80. The number of rotatable bonds is 1. The minimum atomic E-state index is -0.0487. The van der Waals surface area contributed by atoms with Crippen molar-refractivity contribution >= 4 is 10.9 Å². The Hall–Kier alpha value is -1.64. The molecule has 1 aromatic carbocycles. The number of aryl methyl sites for hydroxylation is 1. The van der Waals surface area contributed by atoms with Crippen molar-refractivity contribution in [1.29, 1.82) is 0 Å². The van der Waals surface area contributed by atoms with E-state index in [2.05, 4.69) is 9.97 Å². The van der Waals surface area contributed by atoms with E-state index in [-0.39, 0.29) is 11.5 Å². The maximum absolute atomic E-state index is 11.8. The molecule has 0 saturated heterocycles. The Balaban J connectivity index is 2.79. The second kappa shape index (κ2) is 3.50. The highest BCUT2D eigenvalue weighted by Crippen LogP contribution is 2.13. The van der Waals surface area contributed by atoms with Crippen molar-refractivity contribution in [2.75, 3.05) is 0 Å². The highest BCUT2D eigenvalue weighted by Gasteiger charge is 2.06. The third kappa shape index (κ3) is 1.77. The summed E-state index contributed by atoms with van der Waals surface area (Å²) < 4.78 is 0. The number of aromatic nitrogens is 2. The normalized spacial score (nSPS) is 11.2. The molecule has 1 aromatic heterocycles. The van der Waals surface area contributed by atoms with Gasteiger partial charge in [-0.15, -0.1) is 0 Å². The number of benzene rings is 1. The van der Waals surface area contributed by atoms with E-state index in [9.17, 15) is 4.79 Å². The summed E-state index contributed by atoms with van der Waals surface area (Å²) in [5, 5.41) is 0.666. The fourth-order valence-electron chi connectivity index (χ4n) is 1.54. The minimum absolute atomic E-state index is 0.0487. The maximum Gasteiger partial charge on any atom is 0.258 e. The first-order valence-electron chi connectivity index (χ1n) is 5.08. The number of hydrogen-bond acceptors (Lipinski definition) is 2. The molecule has 0 amide bonds. The van der Waals surface area contributed by atoms with Crippen LogP contribution in [0.1, 0.15) is 31.2 Å². The molecule has 2 aromatic rings. The van der Waals surface area contributed by atoms with Crippen LogP contribution in [-0.4, -0.2) is 9.97 Å². The van der Waals surface area contributed by atoms with Crippen LogP contribution >= 0.6 is 0 Å². The number of aromatic amines is 1. The van der Waals surface area contributed by atoms with Gasteiger partial charge in [-0.3, -0.25) is 4.79 Å². The molecule has 0 saturated carbocycles. The third-order valence-corrected chi connectivity index (χ3v) is 2.43. The Bertz CT molecular complexity index is 555. The first-order valence-corrected chi connectivity index (χ1v) is 5.08. The zero-order valence-electron chi connectivity index (χ0n) is 9.16. The Kier molecular flexibility index (Phi) is 2.31. The monoisotopic (exact) mass is 202 g/mol. The molecule has 0 aliphatic heterocycles. The molecule has 15 heavy (non-hydrogen) atoms. The van der Waals surface area contributed by atoms with Gasteiger partial charge in [0, 0.05) is 5.92 Å². The van der Waals surface area contributed by atoms with Gasteiger partial charge in [-0.25, -0.2) is 4.98 Å². The van der Waals surface area contributed by atoms with Crippen LogP contribution in [0.15, 0.2) is 23.0 Å². The molecule has 0 unspecified atom stereocenters. The van der Waals surface area contributed by atoms with Crippen LogP contribution in [0, 0.1) is 6.92 Å².